The highest BCUT2D eigenvalue weighted by molar-refractivity contribution is 5.89. The van der Waals surface area contributed by atoms with Crippen LogP contribution in [0.2, 0.25) is 0 Å². The highest BCUT2D eigenvalue weighted by Crippen LogP contribution is 2.49. The van der Waals surface area contributed by atoms with E-state index in [-0.39, 0.29) is 17.9 Å². The summed E-state index contributed by atoms with van der Waals surface area (Å²) >= 11 is 0. The molecule has 3 fully saturated rings. The zero-order valence-corrected chi connectivity index (χ0v) is 10.8. The molecule has 0 spiro atoms. The van der Waals surface area contributed by atoms with Crippen LogP contribution in [0.15, 0.2) is 0 Å². The van der Waals surface area contributed by atoms with Crippen LogP contribution in [0.5, 0.6) is 0 Å². The van der Waals surface area contributed by atoms with Gasteiger partial charge in [-0.15, -0.1) is 0 Å². The van der Waals surface area contributed by atoms with Crippen LogP contribution in [0.25, 0.3) is 0 Å². The number of carboxylic acids is 1. The lowest BCUT2D eigenvalue weighted by Gasteiger charge is -2.28. The minimum Gasteiger partial charge on any atom is -0.481 e. The van der Waals surface area contributed by atoms with Crippen LogP contribution in [0.4, 0.5) is 0 Å². The van der Waals surface area contributed by atoms with Crippen LogP contribution in [-0.2, 0) is 9.59 Å². The second kappa shape index (κ2) is 4.25. The lowest BCUT2D eigenvalue weighted by molar-refractivity contribution is -0.140. The third-order valence-corrected chi connectivity index (χ3v) is 5.25. The fourth-order valence-electron chi connectivity index (χ4n) is 4.10. The number of hydrogen-bond acceptors (Lipinski definition) is 2. The van der Waals surface area contributed by atoms with Crippen molar-refractivity contribution >= 4 is 11.9 Å². The molecule has 2 bridgehead atoms. The molecule has 2 N–H and O–H groups in total. The quantitative estimate of drug-likeness (QED) is 0.798. The molecular formula is C14H21NO3. The highest BCUT2D eigenvalue weighted by Gasteiger charge is 2.49. The number of nitrogens with one attached hydrogen (secondary N) is 1. The Morgan fingerprint density at radius 3 is 2.44 bits per heavy atom. The number of carboxylic acid groups (broad SMARTS) is 1. The maximum atomic E-state index is 11.9. The van der Waals surface area contributed by atoms with E-state index in [0.29, 0.717) is 12.3 Å². The molecule has 3 saturated carbocycles. The lowest BCUT2D eigenvalue weighted by Crippen LogP contribution is -2.41. The minimum atomic E-state index is -0.831. The van der Waals surface area contributed by atoms with Crippen molar-refractivity contribution in [2.75, 3.05) is 0 Å². The first-order valence-corrected chi connectivity index (χ1v) is 7.09. The van der Waals surface area contributed by atoms with E-state index in [9.17, 15) is 9.59 Å². The summed E-state index contributed by atoms with van der Waals surface area (Å²) in [7, 11) is 0. The van der Waals surface area contributed by atoms with Crippen LogP contribution >= 0.6 is 0 Å². The molecule has 3 rings (SSSR count). The Labute approximate surface area is 107 Å². The first-order valence-electron chi connectivity index (χ1n) is 7.09. The minimum absolute atomic E-state index is 0.0438. The Morgan fingerprint density at radius 2 is 1.94 bits per heavy atom. The van der Waals surface area contributed by atoms with Crippen LogP contribution in [0.3, 0.4) is 0 Å². The molecule has 18 heavy (non-hydrogen) atoms. The smallest absolute Gasteiger partial charge is 0.307 e. The maximum Gasteiger partial charge on any atom is 0.307 e. The van der Waals surface area contributed by atoms with E-state index in [4.69, 9.17) is 5.11 Å². The largest absolute Gasteiger partial charge is 0.481 e. The van der Waals surface area contributed by atoms with Gasteiger partial charge >= 0.3 is 5.97 Å². The molecule has 0 aliphatic heterocycles. The van der Waals surface area contributed by atoms with Gasteiger partial charge in [0, 0.05) is 6.04 Å². The summed E-state index contributed by atoms with van der Waals surface area (Å²) < 4.78 is 0. The molecule has 100 valence electrons. The maximum absolute atomic E-state index is 11.9. The van der Waals surface area contributed by atoms with Gasteiger partial charge in [0.1, 0.15) is 0 Å². The number of aliphatic carboxylic acids is 1. The Morgan fingerprint density at radius 1 is 1.17 bits per heavy atom. The summed E-state index contributed by atoms with van der Waals surface area (Å²) in [5.74, 6) is 0.711. The summed E-state index contributed by atoms with van der Waals surface area (Å²) in [5, 5.41) is 11.9. The van der Waals surface area contributed by atoms with Crippen molar-refractivity contribution in [2.45, 2.75) is 45.1 Å². The summed E-state index contributed by atoms with van der Waals surface area (Å²) in [6.07, 6.45) is 5.79. The van der Waals surface area contributed by atoms with Gasteiger partial charge in [0.2, 0.25) is 5.91 Å². The summed E-state index contributed by atoms with van der Waals surface area (Å²) in [4.78, 5) is 22.7. The zero-order chi connectivity index (χ0) is 12.9. The first-order chi connectivity index (χ1) is 8.56. The van der Waals surface area contributed by atoms with Gasteiger partial charge in [0.25, 0.3) is 0 Å². The van der Waals surface area contributed by atoms with E-state index in [1.807, 2.05) is 0 Å². The number of fused-ring (bicyclic) bond motifs is 2. The van der Waals surface area contributed by atoms with Crippen molar-refractivity contribution in [3.63, 3.8) is 0 Å². The number of rotatable bonds is 4. The SMILES string of the molecule is CC(NC(=O)[C@@H]1C[C@@H]1C(=O)O)C1CC2CCC1C2. The van der Waals surface area contributed by atoms with Crippen molar-refractivity contribution in [1.82, 2.24) is 5.32 Å². The molecule has 1 amide bonds. The highest BCUT2D eigenvalue weighted by atomic mass is 16.4. The van der Waals surface area contributed by atoms with Gasteiger partial charge in [-0.25, -0.2) is 0 Å². The molecular weight excluding hydrogens is 230 g/mol. The molecule has 0 radical (unpaired) electrons. The summed E-state index contributed by atoms with van der Waals surface area (Å²) in [6.45, 7) is 2.08. The Balaban J connectivity index is 1.51. The summed E-state index contributed by atoms with van der Waals surface area (Å²) in [5.41, 5.74) is 0. The second-order valence-electron chi connectivity index (χ2n) is 6.42. The molecule has 4 heteroatoms. The van der Waals surface area contributed by atoms with Gasteiger partial charge in [0.05, 0.1) is 11.8 Å². The van der Waals surface area contributed by atoms with Crippen molar-refractivity contribution in [3.8, 4) is 0 Å². The van der Waals surface area contributed by atoms with Gasteiger partial charge in [-0.2, -0.15) is 0 Å². The molecule has 0 saturated heterocycles. The van der Waals surface area contributed by atoms with Crippen molar-refractivity contribution in [3.05, 3.63) is 0 Å². The van der Waals surface area contributed by atoms with E-state index in [1.165, 1.54) is 25.7 Å². The molecule has 0 aromatic heterocycles. The van der Waals surface area contributed by atoms with Crippen LogP contribution in [-0.4, -0.2) is 23.0 Å². The fraction of sp³-hybridized carbons (Fsp3) is 0.857. The molecule has 0 aromatic rings. The average Bonchev–Trinajstić information content (AvgIpc) is 2.87. The van der Waals surface area contributed by atoms with Gasteiger partial charge in [-0.05, 0) is 50.4 Å². The third-order valence-electron chi connectivity index (χ3n) is 5.25. The van der Waals surface area contributed by atoms with E-state index < -0.39 is 11.9 Å². The molecule has 3 aliphatic rings. The van der Waals surface area contributed by atoms with Crippen molar-refractivity contribution < 1.29 is 14.7 Å². The third kappa shape index (κ3) is 2.02. The molecule has 6 atom stereocenters. The number of carbonyl (C=O) groups is 2. The number of amides is 1. The van der Waals surface area contributed by atoms with Crippen molar-refractivity contribution in [1.29, 1.82) is 0 Å². The molecule has 0 aromatic carbocycles. The van der Waals surface area contributed by atoms with Gasteiger partial charge in [-0.1, -0.05) is 6.42 Å². The first kappa shape index (κ1) is 12.0. The monoisotopic (exact) mass is 251 g/mol. The Bertz CT molecular complexity index is 381. The average molecular weight is 251 g/mol. The predicted octanol–water partition coefficient (Wildman–Crippen LogP) is 1.65. The number of hydrogen-bond donors (Lipinski definition) is 2. The van der Waals surface area contributed by atoms with E-state index in [1.54, 1.807) is 0 Å². The van der Waals surface area contributed by atoms with Crippen LogP contribution < -0.4 is 5.32 Å². The Hall–Kier alpha value is -1.06. The normalized spacial score (nSPS) is 42.6. The zero-order valence-electron chi connectivity index (χ0n) is 10.8. The van der Waals surface area contributed by atoms with Crippen molar-refractivity contribution in [2.24, 2.45) is 29.6 Å². The van der Waals surface area contributed by atoms with E-state index in [0.717, 1.165) is 11.8 Å². The van der Waals surface area contributed by atoms with E-state index in [2.05, 4.69) is 12.2 Å². The predicted molar refractivity (Wildman–Crippen MR) is 65.8 cm³/mol. The van der Waals surface area contributed by atoms with Crippen LogP contribution in [0.1, 0.15) is 39.0 Å². The van der Waals surface area contributed by atoms with Crippen LogP contribution in [0, 0.1) is 29.6 Å². The molecule has 4 nitrogen and oxygen atoms in total. The van der Waals surface area contributed by atoms with E-state index >= 15 is 0 Å². The fourth-order valence-corrected chi connectivity index (χ4v) is 4.10. The topological polar surface area (TPSA) is 66.4 Å². The Kier molecular flexibility index (Phi) is 2.83. The lowest BCUT2D eigenvalue weighted by atomic mass is 9.84. The van der Waals surface area contributed by atoms with Gasteiger partial charge in [0.15, 0.2) is 0 Å². The number of carbonyl (C=O) groups excluding carboxylic acids is 1. The molecule has 0 heterocycles. The molecule has 3 aliphatic carbocycles. The second-order valence-corrected chi connectivity index (χ2v) is 6.42. The van der Waals surface area contributed by atoms with Gasteiger partial charge in [-0.3, -0.25) is 9.59 Å². The molecule has 4 unspecified atom stereocenters. The van der Waals surface area contributed by atoms with Gasteiger partial charge < -0.3 is 10.4 Å². The standard InChI is InChI=1S/C14H21NO3/c1-7(10-5-8-2-3-9(10)4-8)15-13(16)11-6-12(11)14(17)18/h7-12H,2-6H2,1H3,(H,15,16)(H,17,18)/t7?,8?,9?,10?,11-,12+/m1/s1. The summed E-state index contributed by atoms with van der Waals surface area (Å²) in [6, 6.07) is 0.211.